The van der Waals surface area contributed by atoms with Crippen LogP contribution in [0.15, 0.2) is 141 Å². The lowest BCUT2D eigenvalue weighted by Crippen LogP contribution is -2.71. The maximum atomic E-state index is 15.4. The van der Waals surface area contributed by atoms with Crippen molar-refractivity contribution in [3.8, 4) is 0 Å². The molecule has 5 atom stereocenters. The highest BCUT2D eigenvalue weighted by Gasteiger charge is 2.59. The number of benzene rings is 3. The van der Waals surface area contributed by atoms with Gasteiger partial charge in [-0.1, -0.05) is 144 Å². The lowest BCUT2D eigenvalue weighted by atomic mass is 9.75. The fraction of sp³-hybridized carbons (Fsp3) is 0.306. The second-order valence-corrected chi connectivity index (χ2v) is 26.4. The van der Waals surface area contributed by atoms with Gasteiger partial charge in [-0.15, -0.1) is 11.3 Å². The Morgan fingerprint density at radius 3 is 1.98 bits per heavy atom. The molecule has 0 bridgehead atoms. The van der Waals surface area contributed by atoms with Gasteiger partial charge in [0.25, 0.3) is 0 Å². The number of pyridine rings is 1. The van der Waals surface area contributed by atoms with E-state index in [1.54, 1.807) is 17.4 Å². The van der Waals surface area contributed by atoms with Gasteiger partial charge in [-0.3, -0.25) is 19.0 Å². The molecule has 9 nitrogen and oxygen atoms in total. The summed E-state index contributed by atoms with van der Waals surface area (Å²) < 4.78 is 14.9. The standard InChI is InChI=1S/C49H55N4O5PSSi/c1-10-29-57-48(56)46(59(37-22-14-11-15-23-37,38-24-16-12-17-25-38)39-26-18-13-19-27-39)53-43(41(45(53)55)35(4)58-61(8,9)49(5,6)7)34(3)44(54)40-31-52-32-51-42(47(52)60-40)33(2)36-21-20-28-50-30-36/h10-28,30-35,41,43H,1,29H2,2-9H3/t33?,34-,35-,41-,43-/m1/s1. The molecule has 3 aromatic heterocycles. The molecule has 0 spiro atoms. The summed E-state index contributed by atoms with van der Waals surface area (Å²) in [6.45, 7) is 17.3. The van der Waals surface area contributed by atoms with Crippen LogP contribution in [-0.4, -0.2) is 69.4 Å². The van der Waals surface area contributed by atoms with Crippen molar-refractivity contribution in [1.29, 1.82) is 0 Å². The van der Waals surface area contributed by atoms with Crippen LogP contribution in [0.2, 0.25) is 18.1 Å². The molecule has 1 fully saturated rings. The van der Waals surface area contributed by atoms with Gasteiger partial charge in [0.15, 0.2) is 14.1 Å². The van der Waals surface area contributed by atoms with Crippen molar-refractivity contribution in [3.05, 3.63) is 157 Å². The smallest absolute Gasteiger partial charge is 0.356 e. The van der Waals surface area contributed by atoms with E-state index in [2.05, 4.69) is 52.4 Å². The number of nitrogens with zero attached hydrogens (tertiary/aromatic N) is 4. The summed E-state index contributed by atoms with van der Waals surface area (Å²) >= 11 is 1.39. The lowest BCUT2D eigenvalue weighted by molar-refractivity contribution is -0.158. The van der Waals surface area contributed by atoms with Gasteiger partial charge < -0.3 is 14.1 Å². The second kappa shape index (κ2) is 17.7. The summed E-state index contributed by atoms with van der Waals surface area (Å²) in [6.07, 6.45) is 8.13. The molecular weight excluding hydrogens is 816 g/mol. The monoisotopic (exact) mass is 870 g/mol. The van der Waals surface area contributed by atoms with E-state index >= 15 is 14.4 Å². The van der Waals surface area contributed by atoms with E-state index in [4.69, 9.17) is 14.1 Å². The van der Waals surface area contributed by atoms with Crippen LogP contribution >= 0.6 is 18.2 Å². The average Bonchev–Trinajstić information content (AvgIpc) is 3.86. The first-order valence-corrected chi connectivity index (χ1v) is 26.3. The van der Waals surface area contributed by atoms with Gasteiger partial charge in [-0.25, -0.2) is 9.78 Å². The van der Waals surface area contributed by atoms with Gasteiger partial charge in [-0.05, 0) is 52.6 Å². The number of ketones is 1. The molecule has 7 rings (SSSR count). The lowest BCUT2D eigenvalue weighted by Gasteiger charge is -2.54. The van der Waals surface area contributed by atoms with E-state index in [1.807, 2.05) is 134 Å². The zero-order valence-corrected chi connectivity index (χ0v) is 38.9. The molecule has 0 N–H and O–H groups in total. The topological polar surface area (TPSA) is 103 Å². The third kappa shape index (κ3) is 8.05. The van der Waals surface area contributed by atoms with Crippen molar-refractivity contribution in [3.63, 3.8) is 0 Å². The largest absolute Gasteiger partial charge is 0.457 e. The van der Waals surface area contributed by atoms with E-state index in [-0.39, 0.29) is 34.7 Å². The zero-order valence-electron chi connectivity index (χ0n) is 36.2. The maximum absolute atomic E-state index is 15.4. The third-order valence-electron chi connectivity index (χ3n) is 12.5. The molecule has 1 unspecified atom stereocenters. The molecule has 1 amide bonds. The van der Waals surface area contributed by atoms with Gasteiger partial charge in [0, 0.05) is 37.3 Å². The van der Waals surface area contributed by atoms with E-state index in [1.165, 1.54) is 17.4 Å². The van der Waals surface area contributed by atoms with Crippen LogP contribution in [0.3, 0.4) is 0 Å². The molecule has 3 aromatic carbocycles. The van der Waals surface area contributed by atoms with Crippen LogP contribution in [0, 0.1) is 11.8 Å². The van der Waals surface area contributed by atoms with Crippen molar-refractivity contribution >= 4 is 70.4 Å². The average molecular weight is 871 g/mol. The molecule has 4 heterocycles. The number of aromatic nitrogens is 3. The molecule has 61 heavy (non-hydrogen) atoms. The van der Waals surface area contributed by atoms with E-state index < -0.39 is 45.2 Å². The number of Topliss-reactive ketones (excluding diaryl/α,β-unsaturated/α-hetero) is 1. The molecule has 1 saturated heterocycles. The quantitative estimate of drug-likeness (QED) is 0.0254. The van der Waals surface area contributed by atoms with Crippen molar-refractivity contribution in [2.24, 2.45) is 11.8 Å². The molecule has 1 aliphatic rings. The first-order valence-electron chi connectivity index (χ1n) is 20.8. The molecule has 12 heteroatoms. The van der Waals surface area contributed by atoms with Crippen molar-refractivity contribution in [1.82, 2.24) is 19.3 Å². The second-order valence-electron chi connectivity index (χ2n) is 17.3. The third-order valence-corrected chi connectivity index (χ3v) is 22.4. The first kappa shape index (κ1) is 43.9. The maximum Gasteiger partial charge on any atom is 0.356 e. The van der Waals surface area contributed by atoms with E-state index in [9.17, 15) is 0 Å². The Morgan fingerprint density at radius 2 is 1.48 bits per heavy atom. The predicted molar refractivity (Wildman–Crippen MR) is 251 cm³/mol. The summed E-state index contributed by atoms with van der Waals surface area (Å²) in [6, 6.07) is 32.9. The van der Waals surface area contributed by atoms with Gasteiger partial charge in [-0.2, -0.15) is 0 Å². The van der Waals surface area contributed by atoms with Gasteiger partial charge >= 0.3 is 5.97 Å². The van der Waals surface area contributed by atoms with Crippen molar-refractivity contribution < 1.29 is 23.5 Å². The number of hydrogen-bond acceptors (Lipinski definition) is 8. The number of imidazole rings is 1. The number of esters is 1. The fourth-order valence-electron chi connectivity index (χ4n) is 8.27. The van der Waals surface area contributed by atoms with Crippen LogP contribution in [0.25, 0.3) is 4.83 Å². The summed E-state index contributed by atoms with van der Waals surface area (Å²) in [7, 11) is -2.41. The molecule has 0 aliphatic carbocycles. The van der Waals surface area contributed by atoms with Crippen LogP contribution in [0.4, 0.5) is 0 Å². The summed E-state index contributed by atoms with van der Waals surface area (Å²) in [4.78, 5) is 57.9. The minimum atomic E-state index is -3.23. The van der Waals surface area contributed by atoms with Crippen molar-refractivity contribution in [2.45, 2.75) is 77.7 Å². The normalized spacial score (nSPS) is 17.3. The fourth-order valence-corrected chi connectivity index (χ4v) is 15.3. The van der Waals surface area contributed by atoms with Crippen LogP contribution < -0.4 is 15.9 Å². The first-order chi connectivity index (χ1) is 29.1. The minimum Gasteiger partial charge on any atom is -0.457 e. The van der Waals surface area contributed by atoms with Crippen LogP contribution in [-0.2, 0) is 18.8 Å². The highest BCUT2D eigenvalue weighted by Crippen LogP contribution is 2.51. The Hall–Kier alpha value is -5.19. The number of carbonyl (C=O) groups excluding carboxylic acids is 3. The number of thiazole rings is 1. The SMILES string of the molecule is C=CCOC(=O)C(N1C(=O)[C@H]([C@@H](C)O[Si](C)(C)C(C)(C)C)[C@H]1[C@@H](C)C(=O)c1cn2cnc(C(C)c3cccnc3)c2s1)=P(c1ccccc1)(c1ccccc1)c1ccccc1. The summed E-state index contributed by atoms with van der Waals surface area (Å²) in [5, 5.41) is 2.47. The number of likely N-dealkylation sites (tertiary alicyclic amines) is 1. The molecule has 316 valence electrons. The number of amides is 1. The van der Waals surface area contributed by atoms with Crippen LogP contribution in [0.1, 0.15) is 68.4 Å². The Bertz CT molecular complexity index is 2490. The molecule has 0 saturated carbocycles. The molecule has 1 aliphatic heterocycles. The van der Waals surface area contributed by atoms with E-state index in [0.29, 0.717) is 4.88 Å². The number of ether oxygens (including phenoxy) is 1. The Kier molecular flexibility index (Phi) is 12.7. The Balaban J connectivity index is 1.46. The van der Waals surface area contributed by atoms with Crippen LogP contribution in [0.5, 0.6) is 0 Å². The predicted octanol–water partition coefficient (Wildman–Crippen LogP) is 8.85. The number of carbonyl (C=O) groups is 3. The summed E-state index contributed by atoms with van der Waals surface area (Å²) in [5.74, 6) is -2.58. The van der Waals surface area contributed by atoms with E-state index in [0.717, 1.165) is 32.0 Å². The van der Waals surface area contributed by atoms with Crippen molar-refractivity contribution in [2.75, 3.05) is 6.61 Å². The number of fused-ring (bicyclic) bond motifs is 1. The zero-order chi connectivity index (χ0) is 43.7. The molecule has 0 radical (unpaired) electrons. The Labute approximate surface area is 364 Å². The van der Waals surface area contributed by atoms with Gasteiger partial charge in [0.1, 0.15) is 23.2 Å². The molecular formula is C49H55N4O5PSSi. The number of hydrogen-bond donors (Lipinski definition) is 0. The van der Waals surface area contributed by atoms with Gasteiger partial charge in [0.2, 0.25) is 5.91 Å². The molecule has 6 aromatic rings. The number of rotatable bonds is 15. The highest BCUT2D eigenvalue weighted by atomic mass is 32.1. The Morgan fingerprint density at radius 1 is 0.902 bits per heavy atom. The minimum absolute atomic E-state index is 0.0556. The summed E-state index contributed by atoms with van der Waals surface area (Å²) in [5.41, 5.74) is 2.09. The number of β-lactam (4-membered cyclic amide) rings is 1. The highest BCUT2D eigenvalue weighted by molar-refractivity contribution is 7.96. The van der Waals surface area contributed by atoms with Gasteiger partial charge in [0.05, 0.1) is 28.6 Å².